The summed E-state index contributed by atoms with van der Waals surface area (Å²) in [5.74, 6) is -0.258. The molecule has 0 aliphatic carbocycles. The maximum atomic E-state index is 12.6. The molecule has 11 heteroatoms. The molecule has 0 radical (unpaired) electrons. The number of aliphatic imine (C=N–C) groups is 1. The van der Waals surface area contributed by atoms with E-state index < -0.39 is 15.6 Å². The lowest BCUT2D eigenvalue weighted by Gasteiger charge is -2.14. The molecule has 2 rings (SSSR count). The molecule has 0 saturated heterocycles. The van der Waals surface area contributed by atoms with Crippen LogP contribution in [-0.4, -0.2) is 47.5 Å². The van der Waals surface area contributed by atoms with Gasteiger partial charge < -0.3 is 5.11 Å². The van der Waals surface area contributed by atoms with Crippen molar-refractivity contribution in [3.05, 3.63) is 45.0 Å². The molecule has 0 aliphatic rings. The van der Waals surface area contributed by atoms with Crippen molar-refractivity contribution < 1.29 is 18.4 Å². The van der Waals surface area contributed by atoms with Gasteiger partial charge in [0.15, 0.2) is 4.77 Å². The van der Waals surface area contributed by atoms with Crippen LogP contribution in [0.4, 0.5) is 5.69 Å². The number of hydrogen-bond donors (Lipinski definition) is 1. The van der Waals surface area contributed by atoms with Crippen molar-refractivity contribution >= 4 is 34.1 Å². The minimum atomic E-state index is -3.76. The van der Waals surface area contributed by atoms with Gasteiger partial charge in [0, 0.05) is 26.4 Å². The van der Waals surface area contributed by atoms with Gasteiger partial charge in [-0.3, -0.25) is 23.8 Å². The van der Waals surface area contributed by atoms with E-state index >= 15 is 0 Å². The van der Waals surface area contributed by atoms with Crippen LogP contribution in [0.25, 0.3) is 0 Å². The first-order valence-corrected chi connectivity index (χ1v) is 10.3. The summed E-state index contributed by atoms with van der Waals surface area (Å²) in [5, 5.41) is 10.4. The second kappa shape index (κ2) is 8.78. The van der Waals surface area contributed by atoms with Crippen LogP contribution in [0, 0.1) is 4.77 Å². The Morgan fingerprint density at radius 3 is 2.29 bits per heavy atom. The quantitative estimate of drug-likeness (QED) is 0.413. The second-order valence-corrected chi connectivity index (χ2v) is 7.96. The van der Waals surface area contributed by atoms with E-state index in [0.717, 1.165) is 4.47 Å². The van der Waals surface area contributed by atoms with Crippen LogP contribution in [0.2, 0.25) is 0 Å². The van der Waals surface area contributed by atoms with Gasteiger partial charge in [0.25, 0.3) is 15.6 Å². The fourth-order valence-corrected chi connectivity index (χ4v) is 3.88. The largest absolute Gasteiger partial charge is 0.494 e. The molecule has 152 valence electrons. The number of aromatic hydroxyl groups is 1. The van der Waals surface area contributed by atoms with Crippen LogP contribution in [0.5, 0.6) is 5.88 Å². The van der Waals surface area contributed by atoms with Crippen molar-refractivity contribution in [2.75, 3.05) is 14.2 Å². The Balaban J connectivity index is 2.45. The molecule has 1 aromatic heterocycles. The van der Waals surface area contributed by atoms with Crippen molar-refractivity contribution in [2.24, 2.45) is 4.99 Å². The van der Waals surface area contributed by atoms with Crippen molar-refractivity contribution in [1.29, 1.82) is 0 Å². The average Bonchev–Trinajstić information content (AvgIpc) is 2.68. The average molecular weight is 427 g/mol. The summed E-state index contributed by atoms with van der Waals surface area (Å²) in [5.41, 5.74) is -0.0288. The second-order valence-electron chi connectivity index (χ2n) is 5.66. The fraction of sp³-hybridized carbons (Fsp3) is 0.353. The van der Waals surface area contributed by atoms with Crippen LogP contribution < -0.4 is 5.56 Å². The normalized spacial score (nSPS) is 12.2. The zero-order valence-corrected chi connectivity index (χ0v) is 17.6. The maximum absolute atomic E-state index is 12.6. The van der Waals surface area contributed by atoms with E-state index in [-0.39, 0.29) is 21.1 Å². The third kappa shape index (κ3) is 4.07. The van der Waals surface area contributed by atoms with E-state index in [1.807, 2.05) is 0 Å². The molecule has 0 amide bonds. The highest BCUT2D eigenvalue weighted by Crippen LogP contribution is 2.20. The third-order valence-electron chi connectivity index (χ3n) is 4.14. The summed E-state index contributed by atoms with van der Waals surface area (Å²) in [4.78, 5) is 21.5. The molecule has 9 nitrogen and oxygen atoms in total. The fourth-order valence-electron chi connectivity index (χ4n) is 2.48. The highest BCUT2D eigenvalue weighted by molar-refractivity contribution is 7.89. The lowest BCUT2D eigenvalue weighted by atomic mass is 10.3. The van der Waals surface area contributed by atoms with Crippen molar-refractivity contribution in [1.82, 2.24) is 13.6 Å². The molecule has 0 saturated carbocycles. The van der Waals surface area contributed by atoms with Gasteiger partial charge in [0.1, 0.15) is 5.56 Å². The Morgan fingerprint density at radius 1 is 1.21 bits per heavy atom. The molecule has 1 aromatic carbocycles. The van der Waals surface area contributed by atoms with Crippen molar-refractivity contribution in [3.63, 3.8) is 0 Å². The monoisotopic (exact) mass is 426 g/mol. The third-order valence-corrected chi connectivity index (χ3v) is 6.27. The maximum Gasteiger partial charge on any atom is 0.267 e. The smallest absolute Gasteiger partial charge is 0.267 e. The summed E-state index contributed by atoms with van der Waals surface area (Å²) >= 11 is 5.23. The SMILES string of the molecule is CCn1c(O)c(C=Nc2ccc(S(=O)(=O)N(C)OC)cc2)c(=O)n(CC)c1=S. The van der Waals surface area contributed by atoms with Crippen molar-refractivity contribution in [3.8, 4) is 5.88 Å². The number of rotatable bonds is 7. The molecule has 2 aromatic rings. The van der Waals surface area contributed by atoms with Gasteiger partial charge in [-0.2, -0.15) is 0 Å². The molecule has 0 unspecified atom stereocenters. The molecule has 0 aliphatic heterocycles. The van der Waals surface area contributed by atoms with E-state index in [1.165, 1.54) is 53.8 Å². The standard InChI is InChI=1S/C17H22N4O5S2/c1-5-20-15(22)14(16(23)21(6-2)17(20)27)11-18-12-7-9-13(10-8-12)28(24,25)19(3)26-4/h7-11,22H,5-6H2,1-4H3. The molecular weight excluding hydrogens is 404 g/mol. The number of benzene rings is 1. The molecule has 0 spiro atoms. The molecule has 1 N–H and O–H groups in total. The molecule has 0 bridgehead atoms. The van der Waals surface area contributed by atoms with Crippen molar-refractivity contribution in [2.45, 2.75) is 31.8 Å². The topological polar surface area (TPSA) is 106 Å². The Bertz CT molecular complexity index is 1100. The van der Waals surface area contributed by atoms with Crippen LogP contribution in [0.1, 0.15) is 19.4 Å². The van der Waals surface area contributed by atoms with E-state index in [4.69, 9.17) is 17.1 Å². The number of hydrogen-bond acceptors (Lipinski definition) is 7. The lowest BCUT2D eigenvalue weighted by molar-refractivity contribution is -0.0258. The highest BCUT2D eigenvalue weighted by atomic mass is 32.2. The number of nitrogens with zero attached hydrogens (tertiary/aromatic N) is 4. The number of aromatic nitrogens is 2. The van der Waals surface area contributed by atoms with Gasteiger partial charge in [0.2, 0.25) is 5.88 Å². The van der Waals surface area contributed by atoms with Gasteiger partial charge in [-0.25, -0.2) is 8.42 Å². The molecule has 28 heavy (non-hydrogen) atoms. The first-order chi connectivity index (χ1) is 13.2. The van der Waals surface area contributed by atoms with Gasteiger partial charge in [0.05, 0.1) is 17.7 Å². The van der Waals surface area contributed by atoms with Gasteiger partial charge in [-0.1, -0.05) is 4.47 Å². The Morgan fingerprint density at radius 2 is 1.79 bits per heavy atom. The number of sulfonamides is 1. The summed E-state index contributed by atoms with van der Waals surface area (Å²) in [6.07, 6.45) is 1.25. The summed E-state index contributed by atoms with van der Waals surface area (Å²) in [7, 11) is -1.22. The molecular formula is C17H22N4O5S2. The van der Waals surface area contributed by atoms with Gasteiger partial charge in [-0.05, 0) is 50.3 Å². The van der Waals surface area contributed by atoms with E-state index in [9.17, 15) is 18.3 Å². The summed E-state index contributed by atoms with van der Waals surface area (Å²) in [6, 6.07) is 5.72. The zero-order valence-electron chi connectivity index (χ0n) is 16.0. The minimum Gasteiger partial charge on any atom is -0.494 e. The van der Waals surface area contributed by atoms with E-state index in [0.29, 0.717) is 18.8 Å². The lowest BCUT2D eigenvalue weighted by Crippen LogP contribution is -2.27. The van der Waals surface area contributed by atoms with Gasteiger partial charge in [-0.15, -0.1) is 0 Å². The van der Waals surface area contributed by atoms with Gasteiger partial charge >= 0.3 is 0 Å². The van der Waals surface area contributed by atoms with E-state index in [2.05, 4.69) is 4.99 Å². The summed E-state index contributed by atoms with van der Waals surface area (Å²) < 4.78 is 28.2. The predicted octanol–water partition coefficient (Wildman–Crippen LogP) is 2.06. The Kier molecular flexibility index (Phi) is 6.88. The minimum absolute atomic E-state index is 0.00751. The predicted molar refractivity (Wildman–Crippen MR) is 108 cm³/mol. The zero-order chi connectivity index (χ0) is 21.1. The molecule has 0 atom stereocenters. The van der Waals surface area contributed by atoms with Crippen LogP contribution >= 0.6 is 12.2 Å². The first-order valence-electron chi connectivity index (χ1n) is 8.42. The number of hydroxylamine groups is 1. The summed E-state index contributed by atoms with van der Waals surface area (Å²) in [6.45, 7) is 4.34. The Hall–Kier alpha value is -2.34. The highest BCUT2D eigenvalue weighted by Gasteiger charge is 2.20. The van der Waals surface area contributed by atoms with Crippen LogP contribution in [-0.2, 0) is 28.0 Å². The molecule has 1 heterocycles. The van der Waals surface area contributed by atoms with E-state index in [1.54, 1.807) is 13.8 Å². The first kappa shape index (κ1) is 22.0. The molecule has 0 fully saturated rings. The van der Waals surface area contributed by atoms with Crippen LogP contribution in [0.3, 0.4) is 0 Å². The van der Waals surface area contributed by atoms with Crippen LogP contribution in [0.15, 0.2) is 38.9 Å². The Labute approximate surface area is 168 Å².